The van der Waals surface area contributed by atoms with Crippen molar-refractivity contribution in [2.24, 2.45) is 5.41 Å². The molecule has 0 aromatic carbocycles. The molecule has 1 aliphatic heterocycles. The number of esters is 2. The zero-order chi connectivity index (χ0) is 14.4. The van der Waals surface area contributed by atoms with Gasteiger partial charge in [-0.1, -0.05) is 51.5 Å². The third-order valence-electron chi connectivity index (χ3n) is 4.63. The number of ether oxygens (including phenoxy) is 1. The molecular formula is C17H26O3. The molecule has 1 saturated heterocycles. The van der Waals surface area contributed by atoms with Crippen molar-refractivity contribution >= 4 is 11.9 Å². The van der Waals surface area contributed by atoms with Gasteiger partial charge in [-0.3, -0.25) is 0 Å². The zero-order valence-electron chi connectivity index (χ0n) is 12.6. The van der Waals surface area contributed by atoms with Gasteiger partial charge in [-0.05, 0) is 37.7 Å². The molecule has 2 rings (SSSR count). The average molecular weight is 278 g/mol. The maximum Gasteiger partial charge on any atom is 0.335 e. The van der Waals surface area contributed by atoms with Crippen LogP contribution >= 0.6 is 0 Å². The lowest BCUT2D eigenvalue weighted by atomic mass is 9.68. The summed E-state index contributed by atoms with van der Waals surface area (Å²) in [5.41, 5.74) is 0.180. The third-order valence-corrected chi connectivity index (χ3v) is 4.63. The predicted molar refractivity (Wildman–Crippen MR) is 78.1 cm³/mol. The van der Waals surface area contributed by atoms with Crippen LogP contribution in [0, 0.1) is 5.41 Å². The number of hydrogen-bond donors (Lipinski definition) is 0. The molecule has 0 amide bonds. The molecule has 1 fully saturated rings. The van der Waals surface area contributed by atoms with Gasteiger partial charge >= 0.3 is 11.9 Å². The van der Waals surface area contributed by atoms with Gasteiger partial charge in [-0.15, -0.1) is 0 Å². The Morgan fingerprint density at radius 1 is 1.05 bits per heavy atom. The minimum Gasteiger partial charge on any atom is -0.391 e. The first-order valence-corrected chi connectivity index (χ1v) is 8.18. The fraction of sp³-hybridized carbons (Fsp3) is 0.765. The van der Waals surface area contributed by atoms with Crippen LogP contribution < -0.4 is 0 Å². The van der Waals surface area contributed by atoms with Crippen LogP contribution in [0.25, 0.3) is 0 Å². The molecule has 3 nitrogen and oxygen atoms in total. The van der Waals surface area contributed by atoms with Crippen LogP contribution in [0.3, 0.4) is 0 Å². The summed E-state index contributed by atoms with van der Waals surface area (Å²) >= 11 is 0. The van der Waals surface area contributed by atoms with E-state index in [1.165, 1.54) is 38.5 Å². The van der Waals surface area contributed by atoms with E-state index in [9.17, 15) is 9.59 Å². The van der Waals surface area contributed by atoms with Crippen LogP contribution in [-0.2, 0) is 14.3 Å². The van der Waals surface area contributed by atoms with Crippen LogP contribution in [0.4, 0.5) is 0 Å². The highest BCUT2D eigenvalue weighted by molar-refractivity contribution is 6.16. The maximum absolute atomic E-state index is 11.8. The second kappa shape index (κ2) is 7.05. The summed E-state index contributed by atoms with van der Waals surface area (Å²) in [4.78, 5) is 23.5. The summed E-state index contributed by atoms with van der Waals surface area (Å²) in [6.07, 6.45) is 14.3. The highest BCUT2D eigenvalue weighted by atomic mass is 16.6. The van der Waals surface area contributed by atoms with Crippen molar-refractivity contribution in [3.8, 4) is 0 Å². The zero-order valence-corrected chi connectivity index (χ0v) is 12.6. The Balaban J connectivity index is 1.75. The molecule has 0 aromatic heterocycles. The van der Waals surface area contributed by atoms with E-state index in [1.807, 2.05) is 0 Å². The fourth-order valence-electron chi connectivity index (χ4n) is 3.33. The van der Waals surface area contributed by atoms with Gasteiger partial charge in [0.2, 0.25) is 0 Å². The summed E-state index contributed by atoms with van der Waals surface area (Å²) in [5.74, 6) is -0.618. The van der Waals surface area contributed by atoms with Gasteiger partial charge < -0.3 is 4.74 Å². The number of carbonyl (C=O) groups excluding carboxylic acids is 2. The van der Waals surface area contributed by atoms with Crippen molar-refractivity contribution in [1.82, 2.24) is 0 Å². The van der Waals surface area contributed by atoms with Gasteiger partial charge in [-0.25, -0.2) is 9.59 Å². The molecule has 0 radical (unpaired) electrons. The number of carbonyl (C=O) groups is 2. The van der Waals surface area contributed by atoms with Gasteiger partial charge in [-0.2, -0.15) is 0 Å². The summed E-state index contributed by atoms with van der Waals surface area (Å²) < 4.78 is 4.62. The van der Waals surface area contributed by atoms with Crippen molar-refractivity contribution in [3.05, 3.63) is 11.6 Å². The van der Waals surface area contributed by atoms with E-state index in [1.54, 1.807) is 0 Å². The monoisotopic (exact) mass is 278 g/mol. The van der Waals surface area contributed by atoms with Crippen LogP contribution in [0.1, 0.15) is 77.6 Å². The van der Waals surface area contributed by atoms with Crippen molar-refractivity contribution in [3.63, 3.8) is 0 Å². The van der Waals surface area contributed by atoms with Gasteiger partial charge in [0.25, 0.3) is 0 Å². The Hall–Kier alpha value is -1.12. The summed E-state index contributed by atoms with van der Waals surface area (Å²) in [6.45, 7) is 2.23. The van der Waals surface area contributed by atoms with Crippen LogP contribution in [0.2, 0.25) is 0 Å². The normalized spacial score (nSPS) is 20.6. The van der Waals surface area contributed by atoms with E-state index in [0.717, 1.165) is 31.3 Å². The van der Waals surface area contributed by atoms with E-state index in [4.69, 9.17) is 0 Å². The third kappa shape index (κ3) is 2.97. The van der Waals surface area contributed by atoms with Crippen LogP contribution in [0.15, 0.2) is 11.6 Å². The fourth-order valence-corrected chi connectivity index (χ4v) is 3.33. The second-order valence-corrected chi connectivity index (χ2v) is 6.08. The quantitative estimate of drug-likeness (QED) is 0.287. The smallest absolute Gasteiger partial charge is 0.335 e. The molecule has 0 unspecified atom stereocenters. The summed E-state index contributed by atoms with van der Waals surface area (Å²) in [5, 5.41) is 0. The summed E-state index contributed by atoms with van der Waals surface area (Å²) in [7, 11) is 0. The van der Waals surface area contributed by atoms with Gasteiger partial charge in [0.15, 0.2) is 5.41 Å². The second-order valence-electron chi connectivity index (χ2n) is 6.08. The van der Waals surface area contributed by atoms with Crippen LogP contribution in [0.5, 0.6) is 0 Å². The Bertz CT molecular complexity index is 381. The minimum absolute atomic E-state index is 0.309. The highest BCUT2D eigenvalue weighted by Gasteiger charge is 2.60. The van der Waals surface area contributed by atoms with Gasteiger partial charge in [0, 0.05) is 0 Å². The first-order valence-electron chi connectivity index (χ1n) is 8.18. The van der Waals surface area contributed by atoms with Crippen molar-refractivity contribution in [1.29, 1.82) is 0 Å². The molecular weight excluding hydrogens is 252 g/mol. The van der Waals surface area contributed by atoms with Crippen LogP contribution in [-0.4, -0.2) is 11.9 Å². The molecule has 1 heterocycles. The lowest BCUT2D eigenvalue weighted by molar-refractivity contribution is -0.194. The van der Waals surface area contributed by atoms with Crippen molar-refractivity contribution < 1.29 is 14.3 Å². The SMILES string of the molecule is CCCCCCCCCC1=CCCCC12C(=O)OC2=O. The molecule has 2 aliphatic rings. The summed E-state index contributed by atoms with van der Waals surface area (Å²) in [6, 6.07) is 0. The van der Waals surface area contributed by atoms with E-state index < -0.39 is 5.41 Å². The lowest BCUT2D eigenvalue weighted by Crippen LogP contribution is -2.55. The standard InChI is InChI=1S/C17H26O3/c1-2-3-4-5-6-7-8-11-14-12-9-10-13-17(14)15(18)20-16(17)19/h12H,2-11,13H2,1H3. The first kappa shape index (κ1) is 15.3. The number of cyclic esters (lactones) is 2. The largest absolute Gasteiger partial charge is 0.391 e. The highest BCUT2D eigenvalue weighted by Crippen LogP contribution is 2.47. The predicted octanol–water partition coefficient (Wildman–Crippen LogP) is 4.31. The molecule has 0 atom stereocenters. The van der Waals surface area contributed by atoms with Gasteiger partial charge in [0.1, 0.15) is 0 Å². The first-order chi connectivity index (χ1) is 9.71. The minimum atomic E-state index is -0.861. The Morgan fingerprint density at radius 2 is 1.70 bits per heavy atom. The van der Waals surface area contributed by atoms with E-state index >= 15 is 0 Å². The van der Waals surface area contributed by atoms with Gasteiger partial charge in [0.05, 0.1) is 0 Å². The molecule has 20 heavy (non-hydrogen) atoms. The van der Waals surface area contributed by atoms with E-state index in [-0.39, 0.29) is 11.9 Å². The molecule has 3 heteroatoms. The molecule has 0 aromatic rings. The molecule has 0 bridgehead atoms. The molecule has 1 spiro atoms. The molecule has 0 N–H and O–H groups in total. The number of allylic oxidation sites excluding steroid dienone is 1. The topological polar surface area (TPSA) is 43.4 Å². The van der Waals surface area contributed by atoms with Crippen molar-refractivity contribution in [2.45, 2.75) is 77.6 Å². The number of hydrogen-bond acceptors (Lipinski definition) is 3. The van der Waals surface area contributed by atoms with E-state index in [2.05, 4.69) is 17.7 Å². The molecule has 0 saturated carbocycles. The number of unbranched alkanes of at least 4 members (excludes halogenated alkanes) is 6. The molecule has 1 aliphatic carbocycles. The van der Waals surface area contributed by atoms with Crippen molar-refractivity contribution in [2.75, 3.05) is 0 Å². The number of rotatable bonds is 8. The Labute approximate surface area is 121 Å². The van der Waals surface area contributed by atoms with E-state index in [0.29, 0.717) is 6.42 Å². The Morgan fingerprint density at radius 3 is 2.35 bits per heavy atom. The lowest BCUT2D eigenvalue weighted by Gasteiger charge is -2.40. The molecule has 112 valence electrons. The maximum atomic E-state index is 11.8. The Kier molecular flexibility index (Phi) is 5.38. The average Bonchev–Trinajstić information content (AvgIpc) is 2.47.